The fourth-order valence-corrected chi connectivity index (χ4v) is 3.18. The molecule has 2 aromatic rings. The highest BCUT2D eigenvalue weighted by Gasteiger charge is 2.33. The van der Waals surface area contributed by atoms with Crippen LogP contribution in [-0.4, -0.2) is 22.6 Å². The van der Waals surface area contributed by atoms with E-state index in [4.69, 9.17) is 0 Å². The Kier molecular flexibility index (Phi) is 3.32. The summed E-state index contributed by atoms with van der Waals surface area (Å²) in [5.41, 5.74) is 0.963. The number of rotatable bonds is 2. The number of thioether (sulfide) groups is 1. The molecule has 3 rings (SSSR count). The topological polar surface area (TPSA) is 37.4 Å². The number of hydrogen-bond acceptors (Lipinski definition) is 3. The number of amides is 2. The molecule has 2 amide bonds. The second kappa shape index (κ2) is 5.13. The first-order chi connectivity index (χ1) is 9.70. The molecular formula is C16H13NO2S. The first kappa shape index (κ1) is 12.9. The van der Waals surface area contributed by atoms with Crippen molar-refractivity contribution in [1.29, 1.82) is 0 Å². The van der Waals surface area contributed by atoms with Crippen molar-refractivity contribution in [1.82, 2.24) is 4.90 Å². The van der Waals surface area contributed by atoms with E-state index in [-0.39, 0.29) is 11.1 Å². The van der Waals surface area contributed by atoms with Crippen molar-refractivity contribution in [2.24, 2.45) is 0 Å². The highest BCUT2D eigenvalue weighted by molar-refractivity contribution is 8.18. The second-order valence-electron chi connectivity index (χ2n) is 4.49. The van der Waals surface area contributed by atoms with Crippen molar-refractivity contribution in [2.45, 2.75) is 6.92 Å². The Labute approximate surface area is 121 Å². The van der Waals surface area contributed by atoms with Crippen LogP contribution in [0.1, 0.15) is 12.5 Å². The molecule has 3 nitrogen and oxygen atoms in total. The lowest BCUT2D eigenvalue weighted by Gasteiger charge is -2.07. The zero-order valence-corrected chi connectivity index (χ0v) is 11.8. The summed E-state index contributed by atoms with van der Waals surface area (Å²) in [5, 5.41) is 2.01. The van der Waals surface area contributed by atoms with Crippen molar-refractivity contribution in [3.05, 3.63) is 52.9 Å². The van der Waals surface area contributed by atoms with Crippen LogP contribution in [0.5, 0.6) is 0 Å². The predicted molar refractivity (Wildman–Crippen MR) is 82.3 cm³/mol. The molecule has 20 heavy (non-hydrogen) atoms. The summed E-state index contributed by atoms with van der Waals surface area (Å²) in [5.74, 6) is -0.199. The fraction of sp³-hybridized carbons (Fsp3) is 0.125. The minimum absolute atomic E-state index is 0.191. The van der Waals surface area contributed by atoms with Gasteiger partial charge in [0.2, 0.25) is 0 Å². The molecule has 0 spiro atoms. The number of imide groups is 1. The van der Waals surface area contributed by atoms with Gasteiger partial charge in [0.05, 0.1) is 4.91 Å². The summed E-state index contributed by atoms with van der Waals surface area (Å²) in [6, 6.07) is 14.0. The molecule has 100 valence electrons. The highest BCUT2D eigenvalue weighted by Crippen LogP contribution is 2.33. The molecule has 0 aromatic heterocycles. The molecular weight excluding hydrogens is 270 g/mol. The number of fused-ring (bicyclic) bond motifs is 1. The molecule has 1 heterocycles. The average Bonchev–Trinajstić information content (AvgIpc) is 2.73. The minimum Gasteiger partial charge on any atom is -0.269 e. The van der Waals surface area contributed by atoms with Gasteiger partial charge in [0.1, 0.15) is 0 Å². The molecule has 2 aromatic carbocycles. The monoisotopic (exact) mass is 283 g/mol. The van der Waals surface area contributed by atoms with Crippen molar-refractivity contribution in [3.63, 3.8) is 0 Å². The van der Waals surface area contributed by atoms with Gasteiger partial charge < -0.3 is 0 Å². The molecule has 0 N–H and O–H groups in total. The van der Waals surface area contributed by atoms with Gasteiger partial charge in [-0.15, -0.1) is 0 Å². The molecule has 0 bridgehead atoms. The van der Waals surface area contributed by atoms with Gasteiger partial charge in [-0.2, -0.15) is 0 Å². The van der Waals surface area contributed by atoms with E-state index in [1.165, 1.54) is 4.90 Å². The fourth-order valence-electron chi connectivity index (χ4n) is 2.29. The van der Waals surface area contributed by atoms with E-state index in [9.17, 15) is 9.59 Å². The van der Waals surface area contributed by atoms with Crippen LogP contribution in [0.3, 0.4) is 0 Å². The van der Waals surface area contributed by atoms with Crippen LogP contribution >= 0.6 is 11.8 Å². The molecule has 1 aliphatic heterocycles. The summed E-state index contributed by atoms with van der Waals surface area (Å²) in [6.45, 7) is 2.22. The van der Waals surface area contributed by atoms with Crippen LogP contribution in [0.2, 0.25) is 0 Å². The Bertz CT molecular complexity index is 731. The number of likely N-dealkylation sites (N-methyl/N-ethyl adjacent to an activating group) is 1. The summed E-state index contributed by atoms with van der Waals surface area (Å²) >= 11 is 1.01. The zero-order valence-electron chi connectivity index (χ0n) is 11.0. The number of carbonyl (C=O) groups excluding carboxylic acids is 2. The second-order valence-corrected chi connectivity index (χ2v) is 5.49. The molecule has 0 radical (unpaired) electrons. The number of carbonyl (C=O) groups is 2. The van der Waals surface area contributed by atoms with Gasteiger partial charge in [0, 0.05) is 6.54 Å². The maximum absolute atomic E-state index is 12.1. The normalized spacial score (nSPS) is 17.4. The molecule has 0 saturated carbocycles. The highest BCUT2D eigenvalue weighted by atomic mass is 32.2. The van der Waals surface area contributed by atoms with E-state index in [0.29, 0.717) is 11.4 Å². The Hall–Kier alpha value is -2.07. The molecule has 1 aliphatic rings. The maximum Gasteiger partial charge on any atom is 0.293 e. The van der Waals surface area contributed by atoms with Gasteiger partial charge in [0.15, 0.2) is 0 Å². The number of nitrogens with zero attached hydrogens (tertiary/aromatic N) is 1. The van der Waals surface area contributed by atoms with Crippen molar-refractivity contribution in [2.75, 3.05) is 6.54 Å². The molecule has 0 unspecified atom stereocenters. The standard InChI is InChI=1S/C16H13NO2S/c1-2-17-15(18)14(20-16(17)19)10-12-8-5-7-11-6-3-4-9-13(11)12/h3-10H,2H2,1H3/b14-10+. The van der Waals surface area contributed by atoms with E-state index in [1.807, 2.05) is 48.5 Å². The van der Waals surface area contributed by atoms with E-state index >= 15 is 0 Å². The third-order valence-electron chi connectivity index (χ3n) is 3.30. The average molecular weight is 283 g/mol. The van der Waals surface area contributed by atoms with Crippen molar-refractivity contribution in [3.8, 4) is 0 Å². The summed E-state index contributed by atoms with van der Waals surface area (Å²) in [4.78, 5) is 25.6. The lowest BCUT2D eigenvalue weighted by atomic mass is 10.0. The summed E-state index contributed by atoms with van der Waals surface area (Å²) < 4.78 is 0. The number of benzene rings is 2. The van der Waals surface area contributed by atoms with Crippen molar-refractivity contribution < 1.29 is 9.59 Å². The van der Waals surface area contributed by atoms with E-state index in [0.717, 1.165) is 28.1 Å². The van der Waals surface area contributed by atoms with Gasteiger partial charge >= 0.3 is 0 Å². The molecule has 0 aliphatic carbocycles. The maximum atomic E-state index is 12.1. The largest absolute Gasteiger partial charge is 0.293 e. The van der Waals surface area contributed by atoms with E-state index < -0.39 is 0 Å². The Morgan fingerprint density at radius 1 is 1.10 bits per heavy atom. The lowest BCUT2D eigenvalue weighted by molar-refractivity contribution is -0.122. The predicted octanol–water partition coefficient (Wildman–Crippen LogP) is 3.90. The summed E-state index contributed by atoms with van der Waals surface area (Å²) in [6.07, 6.45) is 1.81. The summed E-state index contributed by atoms with van der Waals surface area (Å²) in [7, 11) is 0. The third kappa shape index (κ3) is 2.12. The van der Waals surface area contributed by atoms with Gasteiger partial charge in [0.25, 0.3) is 11.1 Å². The molecule has 1 saturated heterocycles. The first-order valence-corrected chi connectivity index (χ1v) is 7.25. The molecule has 4 heteroatoms. The minimum atomic E-state index is -0.199. The van der Waals surface area contributed by atoms with Crippen LogP contribution in [0.25, 0.3) is 16.8 Å². The van der Waals surface area contributed by atoms with Gasteiger partial charge in [-0.05, 0) is 41.1 Å². The SMILES string of the molecule is CCN1C(=O)S/C(=C/c2cccc3ccccc23)C1=O. The van der Waals surface area contributed by atoms with Crippen LogP contribution in [0.15, 0.2) is 47.4 Å². The Morgan fingerprint density at radius 2 is 1.85 bits per heavy atom. The lowest BCUT2D eigenvalue weighted by Crippen LogP contribution is -2.27. The van der Waals surface area contributed by atoms with Gasteiger partial charge in [-0.1, -0.05) is 42.5 Å². The molecule has 0 atom stereocenters. The first-order valence-electron chi connectivity index (χ1n) is 6.44. The van der Waals surface area contributed by atoms with Crippen LogP contribution in [0.4, 0.5) is 4.79 Å². The zero-order chi connectivity index (χ0) is 14.1. The van der Waals surface area contributed by atoms with Crippen LogP contribution < -0.4 is 0 Å². The Morgan fingerprint density at radius 3 is 2.60 bits per heavy atom. The third-order valence-corrected chi connectivity index (χ3v) is 4.21. The Balaban J connectivity index is 2.07. The van der Waals surface area contributed by atoms with E-state index in [2.05, 4.69) is 0 Å². The van der Waals surface area contributed by atoms with Gasteiger partial charge in [-0.25, -0.2) is 0 Å². The number of hydrogen-bond donors (Lipinski definition) is 0. The van der Waals surface area contributed by atoms with Gasteiger partial charge in [-0.3, -0.25) is 14.5 Å². The smallest absolute Gasteiger partial charge is 0.269 e. The quantitative estimate of drug-likeness (QED) is 0.784. The van der Waals surface area contributed by atoms with Crippen LogP contribution in [0, 0.1) is 0 Å². The molecule has 1 fully saturated rings. The van der Waals surface area contributed by atoms with E-state index in [1.54, 1.807) is 6.92 Å². The van der Waals surface area contributed by atoms with Crippen LogP contribution in [-0.2, 0) is 4.79 Å². The van der Waals surface area contributed by atoms with Crippen molar-refractivity contribution >= 4 is 39.8 Å².